The minimum atomic E-state index is 0.169. The van der Waals surface area contributed by atoms with E-state index < -0.39 is 0 Å². The van der Waals surface area contributed by atoms with Crippen LogP contribution in [0.2, 0.25) is 0 Å². The Balaban J connectivity index is 1.94. The molecule has 2 aromatic rings. The molecule has 1 aromatic carbocycles. The molecule has 0 radical (unpaired) electrons. The van der Waals surface area contributed by atoms with Gasteiger partial charge in [0, 0.05) is 10.9 Å². The Bertz CT molecular complexity index is 470. The number of rotatable bonds is 4. The third-order valence-corrected chi connectivity index (χ3v) is 4.02. The first-order valence-corrected chi connectivity index (χ1v) is 6.90. The van der Waals surface area contributed by atoms with Gasteiger partial charge in [-0.15, -0.1) is 11.3 Å². The highest BCUT2D eigenvalue weighted by Gasteiger charge is 2.09. The van der Waals surface area contributed by atoms with Crippen molar-refractivity contribution < 1.29 is 0 Å². The number of hydrogen-bond donors (Lipinski definition) is 1. The number of benzene rings is 1. The maximum Gasteiger partial charge on any atom is 0.0308 e. The molecule has 90 valence electrons. The van der Waals surface area contributed by atoms with E-state index in [9.17, 15) is 0 Å². The van der Waals surface area contributed by atoms with E-state index in [1.807, 2.05) is 0 Å². The topological polar surface area (TPSA) is 26.0 Å². The van der Waals surface area contributed by atoms with Gasteiger partial charge in [-0.25, -0.2) is 0 Å². The van der Waals surface area contributed by atoms with Crippen LogP contribution in [0.1, 0.15) is 34.0 Å². The Morgan fingerprint density at radius 2 is 1.82 bits per heavy atom. The maximum absolute atomic E-state index is 6.22. The molecule has 0 spiro atoms. The molecule has 1 unspecified atom stereocenters. The molecule has 0 saturated heterocycles. The van der Waals surface area contributed by atoms with Crippen molar-refractivity contribution in [1.29, 1.82) is 0 Å². The Hall–Kier alpha value is -1.12. The van der Waals surface area contributed by atoms with Crippen molar-refractivity contribution in [3.8, 4) is 0 Å². The van der Waals surface area contributed by atoms with Crippen molar-refractivity contribution in [2.75, 3.05) is 0 Å². The van der Waals surface area contributed by atoms with E-state index in [-0.39, 0.29) is 6.04 Å². The molecular weight excluding hydrogens is 226 g/mol. The lowest BCUT2D eigenvalue weighted by molar-refractivity contribution is 0.650. The van der Waals surface area contributed by atoms with E-state index in [1.54, 1.807) is 11.3 Å². The zero-order chi connectivity index (χ0) is 12.3. The summed E-state index contributed by atoms with van der Waals surface area (Å²) in [5.74, 6) is 0. The fourth-order valence-electron chi connectivity index (χ4n) is 2.01. The summed E-state index contributed by atoms with van der Waals surface area (Å²) in [7, 11) is 0. The van der Waals surface area contributed by atoms with Crippen LogP contribution in [0.4, 0.5) is 0 Å². The van der Waals surface area contributed by atoms with Crippen LogP contribution in [0, 0.1) is 13.8 Å². The second-order valence-corrected chi connectivity index (χ2v) is 5.68. The standard InChI is InChI=1S/C15H19NS/c1-11-3-5-13(6-4-11)7-8-15(16)14-9-10-17-12(14)2/h3-6,9-10,15H,7-8,16H2,1-2H3. The first-order chi connectivity index (χ1) is 8.16. The van der Waals surface area contributed by atoms with E-state index in [4.69, 9.17) is 5.73 Å². The summed E-state index contributed by atoms with van der Waals surface area (Å²) in [5, 5.41) is 2.12. The third kappa shape index (κ3) is 3.18. The predicted octanol–water partition coefficient (Wildman–Crippen LogP) is 4.00. The fourth-order valence-corrected chi connectivity index (χ4v) is 2.79. The third-order valence-electron chi connectivity index (χ3n) is 3.16. The predicted molar refractivity (Wildman–Crippen MR) is 75.5 cm³/mol. The van der Waals surface area contributed by atoms with Gasteiger partial charge in [0.15, 0.2) is 0 Å². The van der Waals surface area contributed by atoms with Gasteiger partial charge < -0.3 is 5.73 Å². The highest BCUT2D eigenvalue weighted by molar-refractivity contribution is 7.10. The average Bonchev–Trinajstić information content (AvgIpc) is 2.74. The van der Waals surface area contributed by atoms with Crippen LogP contribution in [-0.2, 0) is 6.42 Å². The molecule has 0 saturated carbocycles. The summed E-state index contributed by atoms with van der Waals surface area (Å²) in [5.41, 5.74) is 10.2. The van der Waals surface area contributed by atoms with Crippen LogP contribution < -0.4 is 5.73 Å². The SMILES string of the molecule is Cc1ccc(CCC(N)c2ccsc2C)cc1. The smallest absolute Gasteiger partial charge is 0.0308 e. The normalized spacial score (nSPS) is 12.6. The zero-order valence-electron chi connectivity index (χ0n) is 10.4. The van der Waals surface area contributed by atoms with E-state index in [0.29, 0.717) is 0 Å². The molecular formula is C15H19NS. The monoisotopic (exact) mass is 245 g/mol. The molecule has 2 rings (SSSR count). The molecule has 0 aliphatic heterocycles. The molecule has 2 N–H and O–H groups in total. The van der Waals surface area contributed by atoms with Crippen molar-refractivity contribution in [3.63, 3.8) is 0 Å². The lowest BCUT2D eigenvalue weighted by atomic mass is 10.00. The number of nitrogens with two attached hydrogens (primary N) is 1. The van der Waals surface area contributed by atoms with Crippen LogP contribution >= 0.6 is 11.3 Å². The molecule has 0 amide bonds. The first-order valence-electron chi connectivity index (χ1n) is 6.02. The maximum atomic E-state index is 6.22. The van der Waals surface area contributed by atoms with Gasteiger partial charge in [0.2, 0.25) is 0 Å². The summed E-state index contributed by atoms with van der Waals surface area (Å²) < 4.78 is 0. The van der Waals surface area contributed by atoms with E-state index >= 15 is 0 Å². The molecule has 0 aliphatic carbocycles. The summed E-state index contributed by atoms with van der Waals surface area (Å²) in [6.45, 7) is 4.26. The Labute approximate surface area is 107 Å². The van der Waals surface area contributed by atoms with Gasteiger partial charge in [0.25, 0.3) is 0 Å². The molecule has 0 fully saturated rings. The zero-order valence-corrected chi connectivity index (χ0v) is 11.3. The second kappa shape index (κ2) is 5.48. The van der Waals surface area contributed by atoms with Crippen molar-refractivity contribution >= 4 is 11.3 Å². The van der Waals surface area contributed by atoms with Gasteiger partial charge in [0.05, 0.1) is 0 Å². The summed E-state index contributed by atoms with van der Waals surface area (Å²) in [6, 6.07) is 11.0. The van der Waals surface area contributed by atoms with Crippen molar-refractivity contribution in [1.82, 2.24) is 0 Å². The van der Waals surface area contributed by atoms with Gasteiger partial charge in [-0.1, -0.05) is 29.8 Å². The molecule has 0 aliphatic rings. The van der Waals surface area contributed by atoms with E-state index in [0.717, 1.165) is 12.8 Å². The Kier molecular flexibility index (Phi) is 3.97. The van der Waals surface area contributed by atoms with Crippen molar-refractivity contribution in [3.05, 3.63) is 57.3 Å². The van der Waals surface area contributed by atoms with Crippen LogP contribution in [0.3, 0.4) is 0 Å². The number of aryl methyl sites for hydroxylation is 3. The Morgan fingerprint density at radius 3 is 2.41 bits per heavy atom. The van der Waals surface area contributed by atoms with E-state index in [2.05, 4.69) is 49.6 Å². The van der Waals surface area contributed by atoms with Crippen LogP contribution in [-0.4, -0.2) is 0 Å². The van der Waals surface area contributed by atoms with E-state index in [1.165, 1.54) is 21.6 Å². The van der Waals surface area contributed by atoms with Crippen molar-refractivity contribution in [2.24, 2.45) is 5.73 Å². The molecule has 1 heterocycles. The number of thiophene rings is 1. The second-order valence-electron chi connectivity index (χ2n) is 4.56. The van der Waals surface area contributed by atoms with Gasteiger partial charge in [-0.2, -0.15) is 0 Å². The van der Waals surface area contributed by atoms with Gasteiger partial charge >= 0.3 is 0 Å². The molecule has 1 nitrogen and oxygen atoms in total. The quantitative estimate of drug-likeness (QED) is 0.865. The highest BCUT2D eigenvalue weighted by atomic mass is 32.1. The summed E-state index contributed by atoms with van der Waals surface area (Å²) in [4.78, 5) is 1.35. The summed E-state index contributed by atoms with van der Waals surface area (Å²) >= 11 is 1.78. The summed E-state index contributed by atoms with van der Waals surface area (Å²) in [6.07, 6.45) is 2.07. The lowest BCUT2D eigenvalue weighted by Gasteiger charge is -2.11. The highest BCUT2D eigenvalue weighted by Crippen LogP contribution is 2.24. The molecule has 17 heavy (non-hydrogen) atoms. The first kappa shape index (κ1) is 12.3. The van der Waals surface area contributed by atoms with Gasteiger partial charge in [-0.05, 0) is 49.3 Å². The van der Waals surface area contributed by atoms with Crippen LogP contribution in [0.25, 0.3) is 0 Å². The molecule has 1 aromatic heterocycles. The molecule has 0 bridgehead atoms. The van der Waals surface area contributed by atoms with Gasteiger partial charge in [-0.3, -0.25) is 0 Å². The average molecular weight is 245 g/mol. The van der Waals surface area contributed by atoms with Gasteiger partial charge in [0.1, 0.15) is 0 Å². The van der Waals surface area contributed by atoms with Crippen molar-refractivity contribution in [2.45, 2.75) is 32.7 Å². The fraction of sp³-hybridized carbons (Fsp3) is 0.333. The molecule has 1 atom stereocenters. The van der Waals surface area contributed by atoms with Crippen LogP contribution in [0.15, 0.2) is 35.7 Å². The minimum Gasteiger partial charge on any atom is -0.324 e. The van der Waals surface area contributed by atoms with Crippen LogP contribution in [0.5, 0.6) is 0 Å². The Morgan fingerprint density at radius 1 is 1.12 bits per heavy atom. The largest absolute Gasteiger partial charge is 0.324 e. The minimum absolute atomic E-state index is 0.169. The molecule has 2 heteroatoms. The number of hydrogen-bond acceptors (Lipinski definition) is 2. The lowest BCUT2D eigenvalue weighted by Crippen LogP contribution is -2.11.